The number of nitro groups is 1. The lowest BCUT2D eigenvalue weighted by Gasteiger charge is -2.42. The second-order valence-corrected chi connectivity index (χ2v) is 12.4. The van der Waals surface area contributed by atoms with Crippen molar-refractivity contribution in [3.8, 4) is 0 Å². The van der Waals surface area contributed by atoms with E-state index in [0.29, 0.717) is 22.4 Å². The van der Waals surface area contributed by atoms with Crippen molar-refractivity contribution in [3.05, 3.63) is 58.4 Å². The van der Waals surface area contributed by atoms with E-state index in [1.54, 1.807) is 12.1 Å². The van der Waals surface area contributed by atoms with Gasteiger partial charge in [-0.25, -0.2) is 0 Å². The van der Waals surface area contributed by atoms with Crippen LogP contribution < -0.4 is 0 Å². The molecule has 0 saturated carbocycles. The number of allylic oxidation sites excluding steroid dienone is 1. The van der Waals surface area contributed by atoms with Gasteiger partial charge in [0.05, 0.1) is 10.7 Å². The van der Waals surface area contributed by atoms with Crippen LogP contribution >= 0.6 is 0 Å². The molecule has 0 N–H and O–H groups in total. The van der Waals surface area contributed by atoms with E-state index in [0.717, 1.165) is 5.56 Å². The third-order valence-corrected chi connectivity index (χ3v) is 10.6. The molecular formula is C19H29NO3Si. The van der Waals surface area contributed by atoms with E-state index in [4.69, 9.17) is 4.43 Å². The fourth-order valence-corrected chi connectivity index (χ4v) is 8.74. The number of hydrogen-bond acceptors (Lipinski definition) is 3. The highest BCUT2D eigenvalue weighted by Gasteiger charge is 2.46. The lowest BCUT2D eigenvalue weighted by atomic mass is 10.2. The number of benzene rings is 1. The van der Waals surface area contributed by atoms with Crippen LogP contribution in [-0.2, 0) is 4.43 Å². The summed E-state index contributed by atoms with van der Waals surface area (Å²) in [6.07, 6.45) is 3.74. The van der Waals surface area contributed by atoms with E-state index in [-0.39, 0.29) is 5.69 Å². The first-order valence-electron chi connectivity index (χ1n) is 8.41. The topological polar surface area (TPSA) is 52.4 Å². The molecule has 0 aliphatic carbocycles. The Morgan fingerprint density at radius 2 is 1.54 bits per heavy atom. The van der Waals surface area contributed by atoms with Gasteiger partial charge in [-0.3, -0.25) is 10.1 Å². The molecule has 1 aromatic carbocycles. The van der Waals surface area contributed by atoms with E-state index in [1.165, 1.54) is 12.1 Å². The number of hydrogen-bond donors (Lipinski definition) is 0. The minimum Gasteiger partial charge on any atom is -0.543 e. The van der Waals surface area contributed by atoms with Crippen LogP contribution in [0.3, 0.4) is 0 Å². The number of nitro benzene ring substituents is 1. The molecule has 0 saturated heterocycles. The first-order valence-corrected chi connectivity index (χ1v) is 10.6. The molecule has 0 spiro atoms. The summed E-state index contributed by atoms with van der Waals surface area (Å²) in [5.41, 5.74) is 2.44. The molecule has 0 aliphatic rings. The Bertz CT molecular complexity index is 582. The average Bonchev–Trinajstić information content (AvgIpc) is 2.49. The van der Waals surface area contributed by atoms with Crippen molar-refractivity contribution in [2.24, 2.45) is 0 Å². The third-order valence-electron chi connectivity index (χ3n) is 4.58. The Morgan fingerprint density at radius 3 is 1.92 bits per heavy atom. The molecule has 0 bridgehead atoms. The Kier molecular flexibility index (Phi) is 6.96. The van der Waals surface area contributed by atoms with Crippen LogP contribution in [0, 0.1) is 10.1 Å². The normalized spacial score (nSPS) is 12.4. The average molecular weight is 348 g/mol. The van der Waals surface area contributed by atoms with Crippen LogP contribution in [0.2, 0.25) is 16.6 Å². The monoisotopic (exact) mass is 347 g/mol. The van der Waals surface area contributed by atoms with Crippen molar-refractivity contribution in [1.82, 2.24) is 0 Å². The Hall–Kier alpha value is -1.88. The van der Waals surface area contributed by atoms with E-state index in [9.17, 15) is 10.1 Å². The van der Waals surface area contributed by atoms with E-state index in [1.807, 2.05) is 12.2 Å². The fraction of sp³-hybridized carbons (Fsp3) is 0.474. The molecule has 132 valence electrons. The Morgan fingerprint density at radius 1 is 1.08 bits per heavy atom. The zero-order valence-corrected chi connectivity index (χ0v) is 16.6. The largest absolute Gasteiger partial charge is 0.543 e. The molecule has 0 atom stereocenters. The summed E-state index contributed by atoms with van der Waals surface area (Å²) in [5, 5.41) is 10.7. The minimum atomic E-state index is -1.99. The van der Waals surface area contributed by atoms with Crippen molar-refractivity contribution in [2.75, 3.05) is 0 Å². The third kappa shape index (κ3) is 4.57. The van der Waals surface area contributed by atoms with Gasteiger partial charge in [-0.05, 0) is 40.4 Å². The smallest absolute Gasteiger partial charge is 0.269 e. The summed E-state index contributed by atoms with van der Waals surface area (Å²) in [6, 6.07) is 6.44. The molecule has 0 amide bonds. The maximum absolute atomic E-state index is 10.7. The van der Waals surface area contributed by atoms with Gasteiger partial charge in [-0.2, -0.15) is 0 Å². The van der Waals surface area contributed by atoms with Gasteiger partial charge in [-0.1, -0.05) is 54.2 Å². The van der Waals surface area contributed by atoms with Gasteiger partial charge in [0.2, 0.25) is 0 Å². The van der Waals surface area contributed by atoms with Gasteiger partial charge >= 0.3 is 0 Å². The summed E-state index contributed by atoms with van der Waals surface area (Å²) in [7, 11) is -1.99. The Balaban J connectivity index is 2.91. The van der Waals surface area contributed by atoms with Crippen LogP contribution in [-0.4, -0.2) is 13.2 Å². The molecule has 5 heteroatoms. The van der Waals surface area contributed by atoms with Crippen molar-refractivity contribution in [3.63, 3.8) is 0 Å². The molecule has 24 heavy (non-hydrogen) atoms. The van der Waals surface area contributed by atoms with Crippen LogP contribution in [0.1, 0.15) is 47.1 Å². The summed E-state index contributed by atoms with van der Waals surface area (Å²) < 4.78 is 6.46. The van der Waals surface area contributed by atoms with Gasteiger partial charge in [-0.15, -0.1) is 0 Å². The fourth-order valence-electron chi connectivity index (χ4n) is 3.51. The summed E-state index contributed by atoms with van der Waals surface area (Å²) in [5.74, 6) is 0.663. The minimum absolute atomic E-state index is 0.0908. The van der Waals surface area contributed by atoms with Crippen LogP contribution in [0.25, 0.3) is 6.08 Å². The molecule has 0 unspecified atom stereocenters. The van der Waals surface area contributed by atoms with Gasteiger partial charge in [0.15, 0.2) is 0 Å². The molecule has 1 rings (SSSR count). The zero-order chi connectivity index (χ0) is 18.5. The number of non-ortho nitro benzene ring substituents is 1. The van der Waals surface area contributed by atoms with Crippen molar-refractivity contribution in [1.29, 1.82) is 0 Å². The molecule has 0 aromatic heterocycles. The maximum atomic E-state index is 10.7. The van der Waals surface area contributed by atoms with Crippen LogP contribution in [0.15, 0.2) is 42.7 Å². The highest BCUT2D eigenvalue weighted by molar-refractivity contribution is 6.77. The second kappa shape index (κ2) is 8.28. The summed E-state index contributed by atoms with van der Waals surface area (Å²) >= 11 is 0. The van der Waals surface area contributed by atoms with Gasteiger partial charge < -0.3 is 4.43 Å². The highest BCUT2D eigenvalue weighted by Crippen LogP contribution is 2.43. The van der Waals surface area contributed by atoms with Crippen LogP contribution in [0.5, 0.6) is 0 Å². The Labute approximate surface area is 146 Å². The molecule has 0 radical (unpaired) electrons. The van der Waals surface area contributed by atoms with Gasteiger partial charge in [0.25, 0.3) is 14.0 Å². The quantitative estimate of drug-likeness (QED) is 0.182. The van der Waals surface area contributed by atoms with Gasteiger partial charge in [0, 0.05) is 12.1 Å². The van der Waals surface area contributed by atoms with Crippen molar-refractivity contribution >= 4 is 20.1 Å². The SMILES string of the molecule is C=C(/C=C/c1ccc([N+](=O)[O-])cc1)O[Si](C(C)C)(C(C)C)C(C)C. The van der Waals surface area contributed by atoms with E-state index >= 15 is 0 Å². The van der Waals surface area contributed by atoms with E-state index < -0.39 is 13.2 Å². The zero-order valence-electron chi connectivity index (χ0n) is 15.6. The summed E-state index contributed by atoms with van der Waals surface area (Å²) in [6.45, 7) is 17.5. The molecule has 4 nitrogen and oxygen atoms in total. The maximum Gasteiger partial charge on any atom is 0.269 e. The van der Waals surface area contributed by atoms with Crippen LogP contribution in [0.4, 0.5) is 5.69 Å². The highest BCUT2D eigenvalue weighted by atomic mass is 28.4. The first-order chi connectivity index (χ1) is 11.1. The number of nitrogens with zero attached hydrogens (tertiary/aromatic N) is 1. The summed E-state index contributed by atoms with van der Waals surface area (Å²) in [4.78, 5) is 10.3. The lowest BCUT2D eigenvalue weighted by Crippen LogP contribution is -2.47. The second-order valence-electron chi connectivity index (χ2n) is 7.07. The first kappa shape index (κ1) is 20.2. The lowest BCUT2D eigenvalue weighted by molar-refractivity contribution is -0.384. The molecule has 0 fully saturated rings. The standard InChI is InChI=1S/C19H29NO3Si/c1-14(2)24(15(3)4,16(5)6)23-17(7)8-9-18-10-12-19(13-11-18)20(21)22/h8-16H,7H2,1-6H3/b9-8+. The van der Waals surface area contributed by atoms with Crippen molar-refractivity contribution in [2.45, 2.75) is 58.2 Å². The molecule has 0 aliphatic heterocycles. The molecule has 1 aromatic rings. The van der Waals surface area contributed by atoms with Gasteiger partial charge in [0.1, 0.15) is 0 Å². The predicted octanol–water partition coefficient (Wildman–Crippen LogP) is 6.31. The molecule has 0 heterocycles. The van der Waals surface area contributed by atoms with E-state index in [2.05, 4.69) is 48.1 Å². The van der Waals surface area contributed by atoms with Crippen molar-refractivity contribution < 1.29 is 9.35 Å². The number of rotatable bonds is 8. The molecular weight excluding hydrogens is 318 g/mol. The predicted molar refractivity (Wildman–Crippen MR) is 103 cm³/mol.